The van der Waals surface area contributed by atoms with Gasteiger partial charge in [0, 0.05) is 35.9 Å². The van der Waals surface area contributed by atoms with E-state index in [1.54, 1.807) is 0 Å². The Kier molecular flexibility index (Phi) is 6.04. The van der Waals surface area contributed by atoms with Crippen molar-refractivity contribution in [2.75, 3.05) is 19.3 Å². The molecule has 0 unspecified atom stereocenters. The van der Waals surface area contributed by atoms with Crippen LogP contribution in [-0.4, -0.2) is 50.7 Å². The molecule has 0 atom stereocenters. The van der Waals surface area contributed by atoms with Crippen LogP contribution in [0.3, 0.4) is 0 Å². The number of piperidine rings is 1. The van der Waals surface area contributed by atoms with Crippen molar-refractivity contribution in [2.24, 2.45) is 0 Å². The second kappa shape index (κ2) is 7.49. The van der Waals surface area contributed by atoms with Crippen molar-refractivity contribution in [3.63, 3.8) is 0 Å². The molecule has 0 saturated carbocycles. The first-order valence-corrected chi connectivity index (χ1v) is 10.5. The van der Waals surface area contributed by atoms with Gasteiger partial charge in [0.15, 0.2) is 15.7 Å². The third-order valence-electron chi connectivity index (χ3n) is 4.24. The number of halogens is 2. The van der Waals surface area contributed by atoms with E-state index in [9.17, 15) is 17.6 Å². The summed E-state index contributed by atoms with van der Waals surface area (Å²) in [6, 6.07) is 2.90. The Bertz CT molecular complexity index is 729. The van der Waals surface area contributed by atoms with Crippen molar-refractivity contribution in [3.8, 4) is 0 Å². The van der Waals surface area contributed by atoms with Crippen LogP contribution < -0.4 is 5.32 Å². The Balaban J connectivity index is 2.15. The van der Waals surface area contributed by atoms with E-state index in [0.717, 1.165) is 32.2 Å². The van der Waals surface area contributed by atoms with Crippen LogP contribution in [0.25, 0.3) is 0 Å². The van der Waals surface area contributed by atoms with E-state index in [1.807, 2.05) is 0 Å². The standard InChI is InChI=1S/C16H22BrFN2O3S/c1-10(2)20-6-4-12(5-7-20)19-16(21)13-8-11(17)9-14(15(13)18)24(3,22)23/h8-10,12H,4-7H2,1-3H3,(H,19,21). The van der Waals surface area contributed by atoms with E-state index in [4.69, 9.17) is 0 Å². The zero-order valence-corrected chi connectivity index (χ0v) is 16.4. The van der Waals surface area contributed by atoms with E-state index < -0.39 is 26.5 Å². The van der Waals surface area contributed by atoms with E-state index in [-0.39, 0.29) is 11.6 Å². The number of carbonyl (C=O) groups is 1. The van der Waals surface area contributed by atoms with E-state index in [2.05, 4.69) is 40.0 Å². The number of nitrogens with one attached hydrogen (secondary N) is 1. The average Bonchev–Trinajstić information content (AvgIpc) is 2.48. The van der Waals surface area contributed by atoms with Crippen molar-refractivity contribution in [1.29, 1.82) is 0 Å². The van der Waals surface area contributed by atoms with Gasteiger partial charge in [-0.2, -0.15) is 0 Å². The van der Waals surface area contributed by atoms with Crippen molar-refractivity contribution >= 4 is 31.7 Å². The van der Waals surface area contributed by atoms with Gasteiger partial charge in [0.2, 0.25) is 0 Å². The van der Waals surface area contributed by atoms with Crippen molar-refractivity contribution < 1.29 is 17.6 Å². The number of nitrogens with zero attached hydrogens (tertiary/aromatic N) is 1. The highest BCUT2D eigenvalue weighted by atomic mass is 79.9. The van der Waals surface area contributed by atoms with Crippen molar-refractivity contribution in [2.45, 2.75) is 43.7 Å². The van der Waals surface area contributed by atoms with Gasteiger partial charge in [0.25, 0.3) is 5.91 Å². The molecule has 0 radical (unpaired) electrons. The first-order chi connectivity index (χ1) is 11.1. The van der Waals surface area contributed by atoms with Crippen LogP contribution in [0.2, 0.25) is 0 Å². The Hall–Kier alpha value is -0.990. The molecule has 0 spiro atoms. The molecule has 5 nitrogen and oxygen atoms in total. The molecule has 1 aliphatic heterocycles. The SMILES string of the molecule is CC(C)N1CCC(NC(=O)c2cc(Br)cc(S(C)(=O)=O)c2F)CC1. The summed E-state index contributed by atoms with van der Waals surface area (Å²) < 4.78 is 38.1. The van der Waals surface area contributed by atoms with Gasteiger partial charge in [0.05, 0.1) is 5.56 Å². The van der Waals surface area contributed by atoms with Gasteiger partial charge in [-0.05, 0) is 38.8 Å². The molecule has 0 bridgehead atoms. The highest BCUT2D eigenvalue weighted by Gasteiger charge is 2.26. The first-order valence-electron chi connectivity index (χ1n) is 7.83. The van der Waals surface area contributed by atoms with Crippen molar-refractivity contribution in [1.82, 2.24) is 10.2 Å². The number of amides is 1. The van der Waals surface area contributed by atoms with Crippen LogP contribution >= 0.6 is 15.9 Å². The van der Waals surface area contributed by atoms with Crippen LogP contribution in [0, 0.1) is 5.82 Å². The van der Waals surface area contributed by atoms with E-state index >= 15 is 0 Å². The molecule has 1 aromatic rings. The topological polar surface area (TPSA) is 66.5 Å². The van der Waals surface area contributed by atoms with Gasteiger partial charge in [-0.1, -0.05) is 15.9 Å². The van der Waals surface area contributed by atoms with Crippen LogP contribution in [-0.2, 0) is 9.84 Å². The maximum absolute atomic E-state index is 14.5. The summed E-state index contributed by atoms with van der Waals surface area (Å²) in [6.07, 6.45) is 2.50. The fourth-order valence-corrected chi connectivity index (χ4v) is 4.21. The lowest BCUT2D eigenvalue weighted by molar-refractivity contribution is 0.0896. The summed E-state index contributed by atoms with van der Waals surface area (Å²) in [5.74, 6) is -1.58. The molecule has 1 amide bonds. The first kappa shape index (κ1) is 19.3. The smallest absolute Gasteiger partial charge is 0.254 e. The molecule has 0 aromatic heterocycles. The molecule has 1 heterocycles. The number of hydrogen-bond acceptors (Lipinski definition) is 4. The molecule has 1 aromatic carbocycles. The minimum absolute atomic E-state index is 0.0347. The zero-order valence-electron chi connectivity index (χ0n) is 14.0. The van der Waals surface area contributed by atoms with Gasteiger partial charge >= 0.3 is 0 Å². The lowest BCUT2D eigenvalue weighted by Gasteiger charge is -2.34. The Morgan fingerprint density at radius 1 is 1.33 bits per heavy atom. The summed E-state index contributed by atoms with van der Waals surface area (Å²) >= 11 is 3.14. The molecule has 1 N–H and O–H groups in total. The average molecular weight is 421 g/mol. The number of carbonyl (C=O) groups excluding carboxylic acids is 1. The second-order valence-corrected chi connectivity index (χ2v) is 9.31. The molecule has 1 aliphatic rings. The highest BCUT2D eigenvalue weighted by molar-refractivity contribution is 9.10. The van der Waals surface area contributed by atoms with Crippen LogP contribution in [0.4, 0.5) is 4.39 Å². The van der Waals surface area contributed by atoms with Gasteiger partial charge in [-0.25, -0.2) is 12.8 Å². The Morgan fingerprint density at radius 3 is 2.42 bits per heavy atom. The summed E-state index contributed by atoms with van der Waals surface area (Å²) in [6.45, 7) is 6.00. The molecular weight excluding hydrogens is 399 g/mol. The predicted octanol–water partition coefficient (Wildman–Crippen LogP) is 2.59. The number of rotatable bonds is 4. The molecule has 134 valence electrons. The van der Waals surface area contributed by atoms with Crippen LogP contribution in [0.1, 0.15) is 37.0 Å². The summed E-state index contributed by atoms with van der Waals surface area (Å²) in [5.41, 5.74) is -0.254. The second-order valence-electron chi connectivity index (χ2n) is 6.42. The van der Waals surface area contributed by atoms with Gasteiger partial charge < -0.3 is 10.2 Å². The molecule has 1 fully saturated rings. The van der Waals surface area contributed by atoms with Gasteiger partial charge in [-0.3, -0.25) is 4.79 Å². The monoisotopic (exact) mass is 420 g/mol. The third kappa shape index (κ3) is 4.55. The highest BCUT2D eigenvalue weighted by Crippen LogP contribution is 2.24. The van der Waals surface area contributed by atoms with E-state index in [0.29, 0.717) is 10.5 Å². The minimum Gasteiger partial charge on any atom is -0.349 e. The quantitative estimate of drug-likeness (QED) is 0.812. The molecule has 1 saturated heterocycles. The summed E-state index contributed by atoms with van der Waals surface area (Å²) in [5, 5.41) is 2.82. The molecule has 0 aliphatic carbocycles. The lowest BCUT2D eigenvalue weighted by atomic mass is 10.0. The number of likely N-dealkylation sites (tertiary alicyclic amines) is 1. The predicted molar refractivity (Wildman–Crippen MR) is 94.4 cm³/mol. The van der Waals surface area contributed by atoms with E-state index in [1.165, 1.54) is 12.1 Å². The van der Waals surface area contributed by atoms with Crippen LogP contribution in [0.15, 0.2) is 21.5 Å². The molecule has 8 heteroatoms. The van der Waals surface area contributed by atoms with Gasteiger partial charge in [0.1, 0.15) is 4.90 Å². The zero-order chi connectivity index (χ0) is 18.1. The Labute approximate surface area is 150 Å². The molecule has 24 heavy (non-hydrogen) atoms. The fraction of sp³-hybridized carbons (Fsp3) is 0.562. The minimum atomic E-state index is -3.75. The van der Waals surface area contributed by atoms with Crippen molar-refractivity contribution in [3.05, 3.63) is 28.0 Å². The molecule has 2 rings (SSSR count). The third-order valence-corrected chi connectivity index (χ3v) is 5.80. The largest absolute Gasteiger partial charge is 0.349 e. The normalized spacial score (nSPS) is 17.2. The number of sulfone groups is 1. The number of benzene rings is 1. The Morgan fingerprint density at radius 2 is 1.92 bits per heavy atom. The van der Waals surface area contributed by atoms with Crippen LogP contribution in [0.5, 0.6) is 0 Å². The fourth-order valence-electron chi connectivity index (χ4n) is 2.82. The molecular formula is C16H22BrFN2O3S. The lowest BCUT2D eigenvalue weighted by Crippen LogP contribution is -2.46. The van der Waals surface area contributed by atoms with Gasteiger partial charge in [-0.15, -0.1) is 0 Å². The number of hydrogen-bond donors (Lipinski definition) is 1. The summed E-state index contributed by atoms with van der Waals surface area (Å²) in [4.78, 5) is 14.2. The maximum Gasteiger partial charge on any atom is 0.254 e. The summed E-state index contributed by atoms with van der Waals surface area (Å²) in [7, 11) is -3.75. The maximum atomic E-state index is 14.5.